The van der Waals surface area contributed by atoms with E-state index < -0.39 is 10.0 Å². The molecule has 6 nitrogen and oxygen atoms in total. The van der Waals surface area contributed by atoms with Crippen molar-refractivity contribution in [1.82, 2.24) is 4.98 Å². The maximum Gasteiger partial charge on any atom is 0.263 e. The number of aromatic nitrogens is 1. The van der Waals surface area contributed by atoms with Gasteiger partial charge in [-0.2, -0.15) is 0 Å². The Morgan fingerprint density at radius 1 is 1.14 bits per heavy atom. The van der Waals surface area contributed by atoms with Crippen molar-refractivity contribution in [2.75, 3.05) is 18.9 Å². The van der Waals surface area contributed by atoms with Gasteiger partial charge < -0.3 is 9.47 Å². The number of pyridine rings is 1. The minimum Gasteiger partial charge on any atom is -0.497 e. The molecule has 8 heteroatoms. The molecule has 1 heterocycles. The quantitative estimate of drug-likeness (QED) is 0.853. The topological polar surface area (TPSA) is 77.5 Å². The van der Waals surface area contributed by atoms with Gasteiger partial charge in [0.2, 0.25) is 0 Å². The number of hydrogen-bond donors (Lipinski definition) is 1. The summed E-state index contributed by atoms with van der Waals surface area (Å²) in [7, 11) is -0.821. The average Bonchev–Trinajstić information content (AvgIpc) is 2.47. The van der Waals surface area contributed by atoms with Crippen molar-refractivity contribution in [3.05, 3.63) is 41.7 Å². The summed E-state index contributed by atoms with van der Waals surface area (Å²) in [5, 5.41) is 0.218. The third-order valence-electron chi connectivity index (χ3n) is 2.66. The third kappa shape index (κ3) is 3.56. The maximum atomic E-state index is 12.3. The predicted octanol–water partition coefficient (Wildman–Crippen LogP) is 2.55. The summed E-state index contributed by atoms with van der Waals surface area (Å²) in [5.74, 6) is 0.905. The van der Waals surface area contributed by atoms with Crippen LogP contribution in [0.4, 0.5) is 5.69 Å². The number of nitrogens with zero attached hydrogens (tertiary/aromatic N) is 1. The first-order valence-corrected chi connectivity index (χ1v) is 7.69. The smallest absolute Gasteiger partial charge is 0.263 e. The fraction of sp³-hybridized carbons (Fsp3) is 0.154. The highest BCUT2D eigenvalue weighted by Gasteiger charge is 2.17. The Balaban J connectivity index is 2.34. The van der Waals surface area contributed by atoms with E-state index in [1.807, 2.05) is 0 Å². The zero-order valence-electron chi connectivity index (χ0n) is 11.3. The van der Waals surface area contributed by atoms with Gasteiger partial charge in [-0.3, -0.25) is 4.72 Å². The number of ether oxygens (including phenoxy) is 2. The minimum absolute atomic E-state index is 0.00442. The number of anilines is 1. The van der Waals surface area contributed by atoms with Crippen LogP contribution in [0.25, 0.3) is 0 Å². The number of rotatable bonds is 5. The first-order valence-electron chi connectivity index (χ1n) is 5.82. The molecule has 2 aromatic rings. The van der Waals surface area contributed by atoms with Crippen LogP contribution in [-0.2, 0) is 10.0 Å². The molecule has 1 N–H and O–H groups in total. The Morgan fingerprint density at radius 3 is 2.48 bits per heavy atom. The van der Waals surface area contributed by atoms with E-state index in [-0.39, 0.29) is 10.0 Å². The fourth-order valence-electron chi connectivity index (χ4n) is 1.61. The van der Waals surface area contributed by atoms with Gasteiger partial charge in [-0.25, -0.2) is 13.4 Å². The molecule has 0 aliphatic carbocycles. The lowest BCUT2D eigenvalue weighted by molar-refractivity contribution is 0.395. The molecule has 1 aromatic heterocycles. The van der Waals surface area contributed by atoms with Crippen molar-refractivity contribution in [1.29, 1.82) is 0 Å². The van der Waals surface area contributed by atoms with Gasteiger partial charge in [0.1, 0.15) is 21.5 Å². The van der Waals surface area contributed by atoms with Gasteiger partial charge >= 0.3 is 0 Å². The summed E-state index contributed by atoms with van der Waals surface area (Å²) < 4.78 is 37.1. The second-order valence-corrected chi connectivity index (χ2v) is 6.06. The number of nitrogens with one attached hydrogen (secondary N) is 1. The molecule has 0 fully saturated rings. The first kappa shape index (κ1) is 15.4. The third-order valence-corrected chi connectivity index (χ3v) is 4.24. The Kier molecular flexibility index (Phi) is 4.54. The number of methoxy groups -OCH3 is 2. The highest BCUT2D eigenvalue weighted by Crippen LogP contribution is 2.30. The monoisotopic (exact) mass is 328 g/mol. The first-order chi connectivity index (χ1) is 9.96. The van der Waals surface area contributed by atoms with Crippen LogP contribution in [0.3, 0.4) is 0 Å². The number of hydrogen-bond acceptors (Lipinski definition) is 5. The predicted molar refractivity (Wildman–Crippen MR) is 79.6 cm³/mol. The van der Waals surface area contributed by atoms with Gasteiger partial charge in [0.25, 0.3) is 10.0 Å². The molecule has 21 heavy (non-hydrogen) atoms. The van der Waals surface area contributed by atoms with Gasteiger partial charge in [0.15, 0.2) is 0 Å². The highest BCUT2D eigenvalue weighted by atomic mass is 35.5. The van der Waals surface area contributed by atoms with Gasteiger partial charge in [-0.05, 0) is 24.3 Å². The molecule has 0 saturated carbocycles. The Labute approximate surface area is 127 Å². The summed E-state index contributed by atoms with van der Waals surface area (Å²) in [6.07, 6.45) is 1.18. The lowest BCUT2D eigenvalue weighted by Gasteiger charge is -2.12. The second kappa shape index (κ2) is 6.19. The molecule has 0 unspecified atom stereocenters. The van der Waals surface area contributed by atoms with Crippen molar-refractivity contribution >= 4 is 27.3 Å². The molecule has 0 radical (unpaired) electrons. The zero-order valence-corrected chi connectivity index (χ0v) is 12.9. The van der Waals surface area contributed by atoms with Crippen LogP contribution in [0, 0.1) is 0 Å². The van der Waals surface area contributed by atoms with Crippen LogP contribution in [0.5, 0.6) is 11.5 Å². The van der Waals surface area contributed by atoms with Crippen molar-refractivity contribution in [2.24, 2.45) is 0 Å². The molecule has 2 rings (SSSR count). The second-order valence-electron chi connectivity index (χ2n) is 3.99. The average molecular weight is 329 g/mol. The summed E-state index contributed by atoms with van der Waals surface area (Å²) >= 11 is 5.64. The van der Waals surface area contributed by atoms with Crippen LogP contribution in [0.2, 0.25) is 5.15 Å². The lowest BCUT2D eigenvalue weighted by Crippen LogP contribution is -2.13. The van der Waals surface area contributed by atoms with Crippen LogP contribution < -0.4 is 14.2 Å². The molecular formula is C13H13ClN2O4S. The summed E-state index contributed by atoms with van der Waals surface area (Å²) in [6, 6.07) is 7.53. The van der Waals surface area contributed by atoms with E-state index >= 15 is 0 Å². The van der Waals surface area contributed by atoms with Crippen LogP contribution in [-0.4, -0.2) is 27.6 Å². The van der Waals surface area contributed by atoms with Crippen molar-refractivity contribution in [3.63, 3.8) is 0 Å². The lowest BCUT2D eigenvalue weighted by atomic mass is 10.3. The van der Waals surface area contributed by atoms with E-state index in [1.54, 1.807) is 18.2 Å². The minimum atomic E-state index is -3.77. The Bertz CT molecular complexity index is 732. The fourth-order valence-corrected chi connectivity index (χ4v) is 2.73. The standard InChI is InChI=1S/C13H13ClN2O4S/c1-19-9-3-5-11(12(7-9)20-2)16-21(17,18)10-4-6-13(14)15-8-10/h3-8,16H,1-2H3. The van der Waals surface area contributed by atoms with E-state index in [2.05, 4.69) is 9.71 Å². The molecule has 0 amide bonds. The van der Waals surface area contributed by atoms with Crippen LogP contribution >= 0.6 is 11.6 Å². The van der Waals surface area contributed by atoms with Crippen LogP contribution in [0.15, 0.2) is 41.4 Å². The largest absolute Gasteiger partial charge is 0.497 e. The molecule has 0 atom stereocenters. The van der Waals surface area contributed by atoms with Crippen molar-refractivity contribution in [3.8, 4) is 11.5 Å². The van der Waals surface area contributed by atoms with Gasteiger partial charge in [-0.1, -0.05) is 11.6 Å². The van der Waals surface area contributed by atoms with Gasteiger partial charge in [0.05, 0.1) is 19.9 Å². The number of halogens is 1. The number of benzene rings is 1. The Morgan fingerprint density at radius 2 is 1.90 bits per heavy atom. The maximum absolute atomic E-state index is 12.3. The van der Waals surface area contributed by atoms with E-state index in [4.69, 9.17) is 21.1 Å². The normalized spacial score (nSPS) is 11.0. The van der Waals surface area contributed by atoms with E-state index in [0.29, 0.717) is 17.2 Å². The highest BCUT2D eigenvalue weighted by molar-refractivity contribution is 7.92. The molecule has 0 spiro atoms. The molecule has 0 aliphatic rings. The van der Waals surface area contributed by atoms with Crippen LogP contribution in [0.1, 0.15) is 0 Å². The van der Waals surface area contributed by atoms with E-state index in [1.165, 1.54) is 32.5 Å². The summed E-state index contributed by atoms with van der Waals surface area (Å²) in [4.78, 5) is 3.76. The molecular weight excluding hydrogens is 316 g/mol. The van der Waals surface area contributed by atoms with E-state index in [9.17, 15) is 8.42 Å². The van der Waals surface area contributed by atoms with E-state index in [0.717, 1.165) is 0 Å². The molecule has 0 aliphatic heterocycles. The summed E-state index contributed by atoms with van der Waals surface area (Å²) in [5.41, 5.74) is 0.299. The zero-order chi connectivity index (χ0) is 15.5. The van der Waals surface area contributed by atoms with Gasteiger partial charge in [0, 0.05) is 12.3 Å². The molecule has 112 valence electrons. The molecule has 0 saturated heterocycles. The van der Waals surface area contributed by atoms with Crippen molar-refractivity contribution < 1.29 is 17.9 Å². The summed E-state index contributed by atoms with van der Waals surface area (Å²) in [6.45, 7) is 0. The van der Waals surface area contributed by atoms with Crippen molar-refractivity contribution in [2.45, 2.75) is 4.90 Å². The SMILES string of the molecule is COc1ccc(NS(=O)(=O)c2ccc(Cl)nc2)c(OC)c1. The molecule has 0 bridgehead atoms. The Hall–Kier alpha value is -1.99. The molecule has 1 aromatic carbocycles. The van der Waals surface area contributed by atoms with Gasteiger partial charge in [-0.15, -0.1) is 0 Å². The number of sulfonamides is 1.